The number of halogens is 6. The molecule has 2 nitrogen and oxygen atoms in total. The maximum Gasteiger partial charge on any atom is 0.419 e. The largest absolute Gasteiger partial charge is 0.490 e. The average molecular weight is 332 g/mol. The van der Waals surface area contributed by atoms with Crippen molar-refractivity contribution in [2.24, 2.45) is 0 Å². The van der Waals surface area contributed by atoms with Crippen LogP contribution in [0.2, 0.25) is 0 Å². The molecule has 0 aliphatic carbocycles. The summed E-state index contributed by atoms with van der Waals surface area (Å²) in [6.45, 7) is 5.44. The highest BCUT2D eigenvalue weighted by atomic mass is 19.4. The Morgan fingerprint density at radius 2 is 1.32 bits per heavy atom. The van der Waals surface area contributed by atoms with Crippen molar-refractivity contribution in [2.75, 3.05) is 19.8 Å². The van der Waals surface area contributed by atoms with E-state index in [4.69, 9.17) is 4.74 Å². The van der Waals surface area contributed by atoms with Crippen molar-refractivity contribution in [2.45, 2.75) is 33.1 Å². The van der Waals surface area contributed by atoms with Crippen LogP contribution in [0, 0.1) is 0 Å². The molecule has 1 rings (SSSR count). The third-order valence-electron chi connectivity index (χ3n) is 2.30. The van der Waals surface area contributed by atoms with Gasteiger partial charge in [-0.1, -0.05) is 19.9 Å². The van der Waals surface area contributed by atoms with Crippen molar-refractivity contribution in [3.63, 3.8) is 0 Å². The van der Waals surface area contributed by atoms with Crippen molar-refractivity contribution in [3.8, 4) is 5.75 Å². The summed E-state index contributed by atoms with van der Waals surface area (Å²) in [6.07, 6.45) is -9.86. The highest BCUT2D eigenvalue weighted by Crippen LogP contribution is 2.43. The van der Waals surface area contributed by atoms with Crippen LogP contribution in [0.4, 0.5) is 26.3 Å². The van der Waals surface area contributed by atoms with E-state index in [1.54, 1.807) is 6.92 Å². The molecule has 1 aromatic carbocycles. The van der Waals surface area contributed by atoms with Crippen molar-refractivity contribution >= 4 is 0 Å². The van der Waals surface area contributed by atoms with E-state index in [0.29, 0.717) is 18.2 Å². The Kier molecular flexibility index (Phi) is 8.29. The van der Waals surface area contributed by atoms with Crippen LogP contribution in [0.1, 0.15) is 31.9 Å². The summed E-state index contributed by atoms with van der Waals surface area (Å²) in [6, 6.07) is 1.79. The molecule has 0 saturated carbocycles. The smallest absolute Gasteiger partial charge is 0.419 e. The number of para-hydroxylation sites is 1. The van der Waals surface area contributed by atoms with Crippen LogP contribution in [0.15, 0.2) is 18.2 Å². The molecule has 0 bridgehead atoms. The minimum Gasteiger partial charge on any atom is -0.490 e. The van der Waals surface area contributed by atoms with Crippen LogP contribution in [0.3, 0.4) is 0 Å². The molecule has 0 aliphatic rings. The van der Waals surface area contributed by atoms with Gasteiger partial charge in [0.2, 0.25) is 0 Å². The van der Waals surface area contributed by atoms with E-state index >= 15 is 0 Å². The minimum absolute atomic E-state index is 0.0972. The van der Waals surface area contributed by atoms with Gasteiger partial charge in [-0.2, -0.15) is 26.3 Å². The molecule has 1 aromatic rings. The monoisotopic (exact) mass is 332 g/mol. The summed E-state index contributed by atoms with van der Waals surface area (Å²) in [5, 5.41) is 0. The van der Waals surface area contributed by atoms with Gasteiger partial charge in [0.15, 0.2) is 0 Å². The van der Waals surface area contributed by atoms with Crippen molar-refractivity contribution in [1.29, 1.82) is 0 Å². The topological polar surface area (TPSA) is 18.5 Å². The first-order chi connectivity index (χ1) is 10.2. The molecule has 0 atom stereocenters. The van der Waals surface area contributed by atoms with E-state index < -0.39 is 35.8 Å². The first kappa shape index (κ1) is 20.6. The SMILES string of the molecule is CC.CCOCCOc1c(C(F)(F)F)cccc1C(F)(F)F. The normalized spacial score (nSPS) is 11.7. The Morgan fingerprint density at radius 3 is 1.68 bits per heavy atom. The molecule has 0 saturated heterocycles. The molecule has 0 aliphatic heterocycles. The first-order valence-corrected chi connectivity index (χ1v) is 6.66. The molecule has 8 heteroatoms. The zero-order chi connectivity index (χ0) is 17.4. The van der Waals surface area contributed by atoms with E-state index in [2.05, 4.69) is 4.74 Å². The fraction of sp³-hybridized carbons (Fsp3) is 0.571. The van der Waals surface area contributed by atoms with Gasteiger partial charge in [-0.05, 0) is 19.1 Å². The lowest BCUT2D eigenvalue weighted by Crippen LogP contribution is -2.17. The van der Waals surface area contributed by atoms with Crippen LogP contribution in [0.25, 0.3) is 0 Å². The third-order valence-corrected chi connectivity index (χ3v) is 2.30. The molecular formula is C14H18F6O2. The van der Waals surface area contributed by atoms with E-state index in [-0.39, 0.29) is 13.2 Å². The van der Waals surface area contributed by atoms with Crippen LogP contribution in [-0.2, 0) is 17.1 Å². The van der Waals surface area contributed by atoms with E-state index in [0.717, 1.165) is 0 Å². The number of benzene rings is 1. The second-order valence-electron chi connectivity index (χ2n) is 3.72. The Morgan fingerprint density at radius 1 is 0.864 bits per heavy atom. The van der Waals surface area contributed by atoms with Gasteiger partial charge in [0.25, 0.3) is 0 Å². The second kappa shape index (κ2) is 8.87. The van der Waals surface area contributed by atoms with Gasteiger partial charge in [0.1, 0.15) is 12.4 Å². The van der Waals surface area contributed by atoms with Crippen LogP contribution in [0.5, 0.6) is 5.75 Å². The number of rotatable bonds is 5. The standard InChI is InChI=1S/C12H12F6O2.C2H6/c1-2-19-6-7-20-10-8(11(13,14)15)4-3-5-9(10)12(16,17)18;1-2/h3-5H,2,6-7H2,1H3;1-2H3. The van der Waals surface area contributed by atoms with E-state index in [1.165, 1.54) is 0 Å². The first-order valence-electron chi connectivity index (χ1n) is 6.66. The molecule has 0 N–H and O–H groups in total. The zero-order valence-corrected chi connectivity index (χ0v) is 12.4. The Bertz CT molecular complexity index is 408. The zero-order valence-electron chi connectivity index (χ0n) is 12.4. The minimum atomic E-state index is -4.93. The van der Waals surface area contributed by atoms with Crippen LogP contribution < -0.4 is 4.74 Å². The predicted octanol–water partition coefficient (Wildman–Crippen LogP) is 5.17. The van der Waals surface area contributed by atoms with Crippen molar-refractivity contribution in [1.82, 2.24) is 0 Å². The Hall–Kier alpha value is -1.44. The summed E-state index contributed by atoms with van der Waals surface area (Å²) in [5.41, 5.74) is -2.91. The van der Waals surface area contributed by atoms with E-state index in [1.807, 2.05) is 13.8 Å². The molecule has 0 unspecified atom stereocenters. The predicted molar refractivity (Wildman–Crippen MR) is 69.8 cm³/mol. The van der Waals surface area contributed by atoms with Crippen LogP contribution in [-0.4, -0.2) is 19.8 Å². The quantitative estimate of drug-likeness (QED) is 0.547. The van der Waals surface area contributed by atoms with Gasteiger partial charge in [0, 0.05) is 6.61 Å². The molecule has 0 spiro atoms. The summed E-state index contributed by atoms with van der Waals surface area (Å²) in [4.78, 5) is 0. The molecule has 0 radical (unpaired) electrons. The molecule has 0 fully saturated rings. The van der Waals surface area contributed by atoms with E-state index in [9.17, 15) is 26.3 Å². The average Bonchev–Trinajstić information content (AvgIpc) is 2.43. The summed E-state index contributed by atoms with van der Waals surface area (Å²) < 4.78 is 85.8. The maximum atomic E-state index is 12.7. The second-order valence-corrected chi connectivity index (χ2v) is 3.72. The molecular weight excluding hydrogens is 314 g/mol. The Balaban J connectivity index is 0.00000211. The van der Waals surface area contributed by atoms with Gasteiger partial charge < -0.3 is 9.47 Å². The lowest BCUT2D eigenvalue weighted by atomic mass is 10.1. The van der Waals surface area contributed by atoms with Gasteiger partial charge in [0.05, 0.1) is 17.7 Å². The van der Waals surface area contributed by atoms with Crippen LogP contribution >= 0.6 is 0 Å². The maximum absolute atomic E-state index is 12.7. The third kappa shape index (κ3) is 6.13. The lowest BCUT2D eigenvalue weighted by Gasteiger charge is -2.18. The highest BCUT2D eigenvalue weighted by molar-refractivity contribution is 5.44. The molecule has 0 heterocycles. The van der Waals surface area contributed by atoms with Crippen molar-refractivity contribution in [3.05, 3.63) is 29.3 Å². The lowest BCUT2D eigenvalue weighted by molar-refractivity contribution is -0.145. The number of ether oxygens (including phenoxy) is 2. The number of hydrogen-bond donors (Lipinski definition) is 0. The number of alkyl halides is 6. The highest BCUT2D eigenvalue weighted by Gasteiger charge is 2.41. The summed E-state index contributed by atoms with van der Waals surface area (Å²) >= 11 is 0. The fourth-order valence-corrected chi connectivity index (χ4v) is 1.49. The number of hydrogen-bond acceptors (Lipinski definition) is 2. The summed E-state index contributed by atoms with van der Waals surface area (Å²) in [5.74, 6) is -1.22. The fourth-order valence-electron chi connectivity index (χ4n) is 1.49. The summed E-state index contributed by atoms with van der Waals surface area (Å²) in [7, 11) is 0. The van der Waals surface area contributed by atoms with Gasteiger partial charge in [-0.3, -0.25) is 0 Å². The van der Waals surface area contributed by atoms with Crippen molar-refractivity contribution < 1.29 is 35.8 Å². The van der Waals surface area contributed by atoms with Gasteiger partial charge in [-0.25, -0.2) is 0 Å². The van der Waals surface area contributed by atoms with Gasteiger partial charge >= 0.3 is 12.4 Å². The molecule has 0 aromatic heterocycles. The molecule has 128 valence electrons. The molecule has 22 heavy (non-hydrogen) atoms. The molecule has 0 amide bonds. The Labute approximate surface area is 125 Å². The van der Waals surface area contributed by atoms with Gasteiger partial charge in [-0.15, -0.1) is 0 Å².